The average Bonchev–Trinajstić information content (AvgIpc) is 2.84. The Kier molecular flexibility index (Phi) is 5.70. The van der Waals surface area contributed by atoms with Crippen LogP contribution >= 0.6 is 0 Å². The zero-order valence-corrected chi connectivity index (χ0v) is 12.7. The fraction of sp³-hybridized carbons (Fsp3) is 1.00. The molecule has 2 N–H and O–H groups in total. The Morgan fingerprint density at radius 3 is 2.32 bits per heavy atom. The molecule has 19 heavy (non-hydrogen) atoms. The van der Waals surface area contributed by atoms with Crippen LogP contribution in [0.2, 0.25) is 0 Å². The van der Waals surface area contributed by atoms with Crippen LogP contribution in [-0.4, -0.2) is 22.4 Å². The van der Waals surface area contributed by atoms with Gasteiger partial charge in [0.15, 0.2) is 0 Å². The molecular weight excluding hydrogens is 236 g/mol. The van der Waals surface area contributed by atoms with Crippen LogP contribution in [0.25, 0.3) is 0 Å². The van der Waals surface area contributed by atoms with Crippen molar-refractivity contribution < 1.29 is 10.2 Å². The molecule has 2 fully saturated rings. The van der Waals surface area contributed by atoms with Gasteiger partial charge in [0, 0.05) is 0 Å². The van der Waals surface area contributed by atoms with E-state index in [1.165, 1.54) is 25.7 Å². The second-order valence-corrected chi connectivity index (χ2v) is 7.42. The first kappa shape index (κ1) is 15.3. The summed E-state index contributed by atoms with van der Waals surface area (Å²) in [7, 11) is 0. The SMILES string of the molecule is CC(C)C1CCC(O)C(CC(O)CC2CCCC2)C1. The zero-order valence-electron chi connectivity index (χ0n) is 12.7. The Morgan fingerprint density at radius 1 is 1.00 bits per heavy atom. The van der Waals surface area contributed by atoms with Gasteiger partial charge in [-0.15, -0.1) is 0 Å². The molecule has 0 radical (unpaired) electrons. The molecule has 0 saturated heterocycles. The largest absolute Gasteiger partial charge is 0.393 e. The summed E-state index contributed by atoms with van der Waals surface area (Å²) < 4.78 is 0. The molecule has 2 aliphatic rings. The molecule has 2 heteroatoms. The fourth-order valence-corrected chi connectivity index (χ4v) is 4.22. The molecule has 0 amide bonds. The van der Waals surface area contributed by atoms with Gasteiger partial charge in [-0.3, -0.25) is 0 Å². The number of aliphatic hydroxyl groups excluding tert-OH is 2. The minimum Gasteiger partial charge on any atom is -0.393 e. The maximum absolute atomic E-state index is 10.3. The van der Waals surface area contributed by atoms with Crippen LogP contribution in [-0.2, 0) is 0 Å². The average molecular weight is 268 g/mol. The van der Waals surface area contributed by atoms with Crippen LogP contribution in [0.5, 0.6) is 0 Å². The van der Waals surface area contributed by atoms with E-state index in [1.54, 1.807) is 0 Å². The van der Waals surface area contributed by atoms with Crippen molar-refractivity contribution in [3.8, 4) is 0 Å². The van der Waals surface area contributed by atoms with Gasteiger partial charge in [-0.1, -0.05) is 39.5 Å². The lowest BCUT2D eigenvalue weighted by Gasteiger charge is -2.36. The Labute approximate surface area is 118 Å². The van der Waals surface area contributed by atoms with Crippen LogP contribution in [0.4, 0.5) is 0 Å². The number of aliphatic hydroxyl groups is 2. The third-order valence-corrected chi connectivity index (χ3v) is 5.58. The molecule has 0 heterocycles. The van der Waals surface area contributed by atoms with Crippen LogP contribution < -0.4 is 0 Å². The van der Waals surface area contributed by atoms with Crippen molar-refractivity contribution in [3.05, 3.63) is 0 Å². The zero-order chi connectivity index (χ0) is 13.8. The van der Waals surface area contributed by atoms with Crippen molar-refractivity contribution in [3.63, 3.8) is 0 Å². The topological polar surface area (TPSA) is 40.5 Å². The van der Waals surface area contributed by atoms with E-state index in [9.17, 15) is 10.2 Å². The molecule has 4 atom stereocenters. The number of rotatable bonds is 5. The van der Waals surface area contributed by atoms with E-state index in [0.717, 1.165) is 43.9 Å². The van der Waals surface area contributed by atoms with E-state index in [0.29, 0.717) is 11.8 Å². The summed E-state index contributed by atoms with van der Waals surface area (Å²) >= 11 is 0. The molecular formula is C17H32O2. The molecule has 2 nitrogen and oxygen atoms in total. The summed E-state index contributed by atoms with van der Waals surface area (Å²) in [5.74, 6) is 2.53. The summed E-state index contributed by atoms with van der Waals surface area (Å²) in [6.07, 6.45) is 9.94. The molecule has 2 aliphatic carbocycles. The molecule has 2 saturated carbocycles. The maximum atomic E-state index is 10.3. The molecule has 0 spiro atoms. The van der Waals surface area contributed by atoms with Crippen molar-refractivity contribution in [2.45, 2.75) is 83.8 Å². The van der Waals surface area contributed by atoms with E-state index in [-0.39, 0.29) is 12.2 Å². The number of hydrogen-bond acceptors (Lipinski definition) is 2. The summed E-state index contributed by atoms with van der Waals surface area (Å²) in [5, 5.41) is 20.5. The lowest BCUT2D eigenvalue weighted by atomic mass is 9.72. The fourth-order valence-electron chi connectivity index (χ4n) is 4.22. The predicted molar refractivity (Wildman–Crippen MR) is 78.9 cm³/mol. The Morgan fingerprint density at radius 2 is 1.68 bits per heavy atom. The van der Waals surface area contributed by atoms with Gasteiger partial charge in [0.1, 0.15) is 0 Å². The summed E-state index contributed by atoms with van der Waals surface area (Å²) in [6.45, 7) is 4.57. The van der Waals surface area contributed by atoms with Gasteiger partial charge in [-0.05, 0) is 55.8 Å². The van der Waals surface area contributed by atoms with Crippen LogP contribution in [0.15, 0.2) is 0 Å². The van der Waals surface area contributed by atoms with Crippen molar-refractivity contribution in [1.29, 1.82) is 0 Å². The van der Waals surface area contributed by atoms with Gasteiger partial charge in [0.05, 0.1) is 12.2 Å². The Balaban J connectivity index is 1.78. The minimum atomic E-state index is -0.186. The lowest BCUT2D eigenvalue weighted by molar-refractivity contribution is 0.00443. The van der Waals surface area contributed by atoms with Gasteiger partial charge in [-0.2, -0.15) is 0 Å². The van der Waals surface area contributed by atoms with Crippen molar-refractivity contribution in [1.82, 2.24) is 0 Å². The normalized spacial score (nSPS) is 34.9. The second-order valence-electron chi connectivity index (χ2n) is 7.42. The lowest BCUT2D eigenvalue weighted by Crippen LogP contribution is -2.33. The third-order valence-electron chi connectivity index (χ3n) is 5.58. The van der Waals surface area contributed by atoms with Crippen LogP contribution in [0.3, 0.4) is 0 Å². The molecule has 2 rings (SSSR count). The van der Waals surface area contributed by atoms with Crippen molar-refractivity contribution in [2.75, 3.05) is 0 Å². The first-order valence-electron chi connectivity index (χ1n) is 8.42. The van der Waals surface area contributed by atoms with Gasteiger partial charge < -0.3 is 10.2 Å². The second kappa shape index (κ2) is 7.08. The van der Waals surface area contributed by atoms with Crippen molar-refractivity contribution in [2.24, 2.45) is 23.7 Å². The van der Waals surface area contributed by atoms with E-state index in [1.807, 2.05) is 0 Å². The molecule has 0 aromatic rings. The van der Waals surface area contributed by atoms with Crippen molar-refractivity contribution >= 4 is 0 Å². The summed E-state index contributed by atoms with van der Waals surface area (Å²) in [4.78, 5) is 0. The van der Waals surface area contributed by atoms with Crippen LogP contribution in [0, 0.1) is 23.7 Å². The van der Waals surface area contributed by atoms with Gasteiger partial charge in [0.2, 0.25) is 0 Å². The molecule has 4 unspecified atom stereocenters. The van der Waals surface area contributed by atoms with Crippen LogP contribution in [0.1, 0.15) is 71.6 Å². The van der Waals surface area contributed by atoms with E-state index in [4.69, 9.17) is 0 Å². The summed E-state index contributed by atoms with van der Waals surface area (Å²) in [5.41, 5.74) is 0. The first-order valence-corrected chi connectivity index (χ1v) is 8.42. The highest BCUT2D eigenvalue weighted by Gasteiger charge is 2.32. The van der Waals surface area contributed by atoms with Gasteiger partial charge in [-0.25, -0.2) is 0 Å². The summed E-state index contributed by atoms with van der Waals surface area (Å²) in [6, 6.07) is 0. The van der Waals surface area contributed by atoms with E-state index in [2.05, 4.69) is 13.8 Å². The molecule has 0 aromatic carbocycles. The first-order chi connectivity index (χ1) is 9.06. The van der Waals surface area contributed by atoms with E-state index < -0.39 is 0 Å². The quantitative estimate of drug-likeness (QED) is 0.797. The number of hydrogen-bond donors (Lipinski definition) is 2. The Bertz CT molecular complexity index is 258. The molecule has 0 aromatic heterocycles. The third kappa shape index (κ3) is 4.46. The highest BCUT2D eigenvalue weighted by atomic mass is 16.3. The smallest absolute Gasteiger partial charge is 0.0569 e. The highest BCUT2D eigenvalue weighted by molar-refractivity contribution is 4.83. The highest BCUT2D eigenvalue weighted by Crippen LogP contribution is 2.37. The molecule has 0 aliphatic heterocycles. The predicted octanol–water partition coefficient (Wildman–Crippen LogP) is 3.75. The minimum absolute atomic E-state index is 0.173. The molecule has 0 bridgehead atoms. The van der Waals surface area contributed by atoms with Gasteiger partial charge in [0.25, 0.3) is 0 Å². The molecule has 112 valence electrons. The monoisotopic (exact) mass is 268 g/mol. The van der Waals surface area contributed by atoms with E-state index >= 15 is 0 Å². The standard InChI is InChI=1S/C17H32O2/c1-12(2)14-7-8-17(19)15(10-14)11-16(18)9-13-5-3-4-6-13/h12-19H,3-11H2,1-2H3. The van der Waals surface area contributed by atoms with Gasteiger partial charge >= 0.3 is 0 Å². The maximum Gasteiger partial charge on any atom is 0.0569 e. The Hall–Kier alpha value is -0.0800.